The predicted octanol–water partition coefficient (Wildman–Crippen LogP) is 5.78. The van der Waals surface area contributed by atoms with Gasteiger partial charge in [0.1, 0.15) is 0 Å². The van der Waals surface area contributed by atoms with Crippen molar-refractivity contribution in [3.63, 3.8) is 0 Å². The molecule has 0 spiro atoms. The maximum absolute atomic E-state index is 13.7. The van der Waals surface area contributed by atoms with E-state index in [0.29, 0.717) is 21.8 Å². The molecule has 3 aliphatic rings. The van der Waals surface area contributed by atoms with E-state index >= 15 is 0 Å². The lowest BCUT2D eigenvalue weighted by Gasteiger charge is -2.52. The first-order valence-corrected chi connectivity index (χ1v) is 16.6. The number of carboxylic acid groups (broad SMARTS) is 1. The Bertz CT molecular complexity index is 1590. The topological polar surface area (TPSA) is 162 Å². The first-order chi connectivity index (χ1) is 20.2. The smallest absolute Gasteiger partial charge is 0.405 e. The number of hydrogen-bond acceptors (Lipinski definition) is 7. The van der Waals surface area contributed by atoms with Crippen molar-refractivity contribution >= 4 is 39.2 Å². The lowest BCUT2D eigenvalue weighted by atomic mass is 9.57. The molecule has 11 nitrogen and oxygen atoms in total. The van der Waals surface area contributed by atoms with Crippen molar-refractivity contribution < 1.29 is 23.1 Å². The van der Waals surface area contributed by atoms with Gasteiger partial charge in [-0.05, 0) is 90.5 Å². The van der Waals surface area contributed by atoms with Crippen molar-refractivity contribution in [2.24, 2.45) is 0 Å². The molecule has 0 aliphatic heterocycles. The van der Waals surface area contributed by atoms with Gasteiger partial charge in [-0.1, -0.05) is 12.1 Å². The maximum atomic E-state index is 13.7. The van der Waals surface area contributed by atoms with Crippen LogP contribution < -0.4 is 20.7 Å². The number of pyridine rings is 1. The third kappa shape index (κ3) is 6.84. The summed E-state index contributed by atoms with van der Waals surface area (Å²) in [6.07, 6.45) is 7.13. The van der Waals surface area contributed by atoms with E-state index in [4.69, 9.17) is 4.98 Å². The number of hydrogen-bond donors (Lipinski definition) is 5. The standard InChI is InChI=1S/C30H38N6O5S2/c1-19(22-7-5-6-16-31-22)33-26(37)34-20-8-9-21(24(17-20)43(40,41)36-28(2,3)4)23-18-32-25(42-23)29-10-13-30(14-11-29,15-12-29)35-27(38)39/h5-9,16-19,35-36H,10-15H2,1-4H3,(H,38,39)(H2,33,34,37)/t19-,29?,30?/m0/s1. The van der Waals surface area contributed by atoms with Crippen LogP contribution in [0.3, 0.4) is 0 Å². The highest BCUT2D eigenvalue weighted by molar-refractivity contribution is 7.89. The van der Waals surface area contributed by atoms with Gasteiger partial charge in [-0.25, -0.2) is 27.7 Å². The van der Waals surface area contributed by atoms with Crippen LogP contribution in [-0.2, 0) is 15.4 Å². The summed E-state index contributed by atoms with van der Waals surface area (Å²) in [6.45, 7) is 7.13. The largest absolute Gasteiger partial charge is 0.465 e. The average molecular weight is 627 g/mol. The second kappa shape index (κ2) is 11.5. The first kappa shape index (κ1) is 30.9. The Hall–Kier alpha value is -3.55. The zero-order valence-electron chi connectivity index (χ0n) is 24.7. The van der Waals surface area contributed by atoms with Crippen molar-refractivity contribution in [2.45, 2.75) is 93.7 Å². The van der Waals surface area contributed by atoms with E-state index in [0.717, 1.165) is 43.5 Å². The molecule has 2 aromatic heterocycles. The lowest BCUT2D eigenvalue weighted by molar-refractivity contribution is 0.0746. The zero-order chi connectivity index (χ0) is 31.0. The molecular formula is C30H38N6O5S2. The normalized spacial score (nSPS) is 22.5. The monoisotopic (exact) mass is 626 g/mol. The number of aromatic nitrogens is 2. The van der Waals surface area contributed by atoms with E-state index in [1.807, 2.05) is 19.1 Å². The van der Waals surface area contributed by atoms with Crippen LogP contribution in [0.5, 0.6) is 0 Å². The van der Waals surface area contributed by atoms with E-state index in [9.17, 15) is 23.1 Å². The zero-order valence-corrected chi connectivity index (χ0v) is 26.4. The summed E-state index contributed by atoms with van der Waals surface area (Å²) in [5.41, 5.74) is 0.293. The number of carbonyl (C=O) groups excluding carboxylic acids is 1. The van der Waals surface area contributed by atoms with Gasteiger partial charge in [-0.2, -0.15) is 0 Å². The van der Waals surface area contributed by atoms with E-state index in [2.05, 4.69) is 25.7 Å². The van der Waals surface area contributed by atoms with Crippen LogP contribution in [0.2, 0.25) is 0 Å². The molecule has 0 radical (unpaired) electrons. The number of nitrogens with zero attached hydrogens (tertiary/aromatic N) is 2. The number of thiazole rings is 1. The average Bonchev–Trinajstić information content (AvgIpc) is 3.44. The van der Waals surface area contributed by atoms with Crippen LogP contribution in [-0.4, -0.2) is 46.7 Å². The van der Waals surface area contributed by atoms with Crippen molar-refractivity contribution in [3.05, 3.63) is 59.5 Å². The Labute approximate surface area is 256 Å². The molecule has 0 saturated heterocycles. The van der Waals surface area contributed by atoms with Gasteiger partial charge in [-0.3, -0.25) is 4.98 Å². The molecule has 3 amide bonds. The van der Waals surface area contributed by atoms with Crippen LogP contribution in [0.4, 0.5) is 15.3 Å². The number of fused-ring (bicyclic) bond motifs is 3. The SMILES string of the molecule is C[C@H](NC(=O)Nc1ccc(-c2cnc(C34CCC(NC(=O)O)(CC3)CC4)s2)c(S(=O)(=O)NC(C)(C)C)c1)c1ccccn1. The maximum Gasteiger partial charge on any atom is 0.405 e. The number of carbonyl (C=O) groups is 2. The Morgan fingerprint density at radius 2 is 1.72 bits per heavy atom. The molecule has 0 unspecified atom stereocenters. The highest BCUT2D eigenvalue weighted by Gasteiger charge is 2.51. The highest BCUT2D eigenvalue weighted by atomic mass is 32.2. The number of sulfonamides is 1. The molecule has 43 heavy (non-hydrogen) atoms. The predicted molar refractivity (Wildman–Crippen MR) is 166 cm³/mol. The fourth-order valence-electron chi connectivity index (χ4n) is 6.12. The van der Waals surface area contributed by atoms with Crippen molar-refractivity contribution in [3.8, 4) is 10.4 Å². The van der Waals surface area contributed by atoms with Crippen LogP contribution in [0.15, 0.2) is 53.7 Å². The number of nitrogens with one attached hydrogen (secondary N) is 4. The minimum atomic E-state index is -3.99. The minimum Gasteiger partial charge on any atom is -0.465 e. The molecule has 2 heterocycles. The van der Waals surface area contributed by atoms with Gasteiger partial charge < -0.3 is 21.1 Å². The van der Waals surface area contributed by atoms with Crippen LogP contribution in [0, 0.1) is 0 Å². The molecule has 2 bridgehead atoms. The van der Waals surface area contributed by atoms with Gasteiger partial charge in [0.2, 0.25) is 10.0 Å². The Balaban J connectivity index is 1.41. The van der Waals surface area contributed by atoms with Crippen molar-refractivity contribution in [1.82, 2.24) is 25.3 Å². The Morgan fingerprint density at radius 1 is 1.02 bits per heavy atom. The highest BCUT2D eigenvalue weighted by Crippen LogP contribution is 2.55. The number of benzene rings is 1. The number of rotatable bonds is 8. The third-order valence-electron chi connectivity index (χ3n) is 8.29. The summed E-state index contributed by atoms with van der Waals surface area (Å²) >= 11 is 1.48. The quantitative estimate of drug-likeness (QED) is 0.212. The van der Waals surface area contributed by atoms with Gasteiger partial charge in [0.05, 0.1) is 26.5 Å². The van der Waals surface area contributed by atoms with E-state index in [1.165, 1.54) is 17.4 Å². The lowest BCUT2D eigenvalue weighted by Crippen LogP contribution is -2.57. The van der Waals surface area contributed by atoms with Gasteiger partial charge in [0.15, 0.2) is 0 Å². The Morgan fingerprint density at radius 3 is 2.33 bits per heavy atom. The van der Waals surface area contributed by atoms with Crippen molar-refractivity contribution in [2.75, 3.05) is 5.32 Å². The molecule has 230 valence electrons. The summed E-state index contributed by atoms with van der Waals surface area (Å²) in [4.78, 5) is 34.0. The molecule has 1 aromatic carbocycles. The first-order valence-electron chi connectivity index (χ1n) is 14.3. The number of urea groups is 1. The third-order valence-corrected chi connectivity index (χ3v) is 11.4. The Kier molecular flexibility index (Phi) is 8.27. The molecule has 5 N–H and O–H groups in total. The van der Waals surface area contributed by atoms with E-state index in [1.54, 1.807) is 51.4 Å². The summed E-state index contributed by atoms with van der Waals surface area (Å²) < 4.78 is 30.1. The van der Waals surface area contributed by atoms with Crippen molar-refractivity contribution in [1.29, 1.82) is 0 Å². The molecule has 6 rings (SSSR count). The molecule has 13 heteroatoms. The summed E-state index contributed by atoms with van der Waals surface area (Å²) in [5, 5.41) is 18.6. The summed E-state index contributed by atoms with van der Waals surface area (Å²) in [7, 11) is -3.99. The van der Waals surface area contributed by atoms with Gasteiger partial charge in [-0.15, -0.1) is 11.3 Å². The molecule has 3 aromatic rings. The van der Waals surface area contributed by atoms with Crippen LogP contribution in [0.25, 0.3) is 10.4 Å². The van der Waals surface area contributed by atoms with Gasteiger partial charge in [0.25, 0.3) is 0 Å². The number of anilines is 1. The van der Waals surface area contributed by atoms with Crippen LogP contribution >= 0.6 is 11.3 Å². The molecule has 3 fully saturated rings. The second-order valence-electron chi connectivity index (χ2n) is 12.7. The minimum absolute atomic E-state index is 0.0441. The molecule has 1 atom stereocenters. The molecule has 3 saturated carbocycles. The van der Waals surface area contributed by atoms with E-state index < -0.39 is 27.7 Å². The van der Waals surface area contributed by atoms with Gasteiger partial charge in [0, 0.05) is 40.1 Å². The number of amides is 3. The van der Waals surface area contributed by atoms with Gasteiger partial charge >= 0.3 is 12.1 Å². The summed E-state index contributed by atoms with van der Waals surface area (Å²) in [6, 6.07) is 9.47. The molecular weight excluding hydrogens is 589 g/mol. The second-order valence-corrected chi connectivity index (χ2v) is 15.3. The van der Waals surface area contributed by atoms with E-state index in [-0.39, 0.29) is 21.9 Å². The fraction of sp³-hybridized carbons (Fsp3) is 0.467. The van der Waals surface area contributed by atoms with Crippen LogP contribution in [0.1, 0.15) is 83.0 Å². The fourth-order valence-corrected chi connectivity index (χ4v) is 9.08. The molecule has 3 aliphatic carbocycles. The summed E-state index contributed by atoms with van der Waals surface area (Å²) in [5.74, 6) is 0.